The number of nitrogens with two attached hydrogens (primary N) is 1. The van der Waals surface area contributed by atoms with E-state index in [-0.39, 0.29) is 23.2 Å². The Hall–Kier alpha value is -1.83. The Bertz CT molecular complexity index is 1390. The number of fused-ring (bicyclic) bond motifs is 3. The number of allylic oxidation sites excluding steroid dienone is 2. The predicted octanol–water partition coefficient (Wildman–Crippen LogP) is 4.44. The second kappa shape index (κ2) is 12.2. The molecule has 0 amide bonds. The maximum Gasteiger partial charge on any atom is 0.397 e. The quantitative estimate of drug-likeness (QED) is 0.106. The highest BCUT2D eigenvalue weighted by molar-refractivity contribution is 7.80. The van der Waals surface area contributed by atoms with Gasteiger partial charge in [0.15, 0.2) is 0 Å². The number of carboxylic acid groups (broad SMARTS) is 1. The van der Waals surface area contributed by atoms with Crippen molar-refractivity contribution in [3.05, 3.63) is 23.3 Å². The molecular weight excluding hydrogens is 614 g/mol. The Labute approximate surface area is 273 Å². The lowest BCUT2D eigenvalue weighted by Crippen LogP contribution is -2.59. The first-order valence-electron chi connectivity index (χ1n) is 16.9. The molecule has 1 aliphatic heterocycles. The summed E-state index contributed by atoms with van der Waals surface area (Å²) in [5.74, 6) is -1.29. The fourth-order valence-electron chi connectivity index (χ4n) is 9.65. The number of aliphatic carboxylic acids is 1. The van der Waals surface area contributed by atoms with Gasteiger partial charge in [0.25, 0.3) is 0 Å². The van der Waals surface area contributed by atoms with E-state index in [1.165, 1.54) is 0 Å². The molecule has 4 fully saturated rings. The van der Waals surface area contributed by atoms with E-state index in [4.69, 9.17) is 15.2 Å². The van der Waals surface area contributed by atoms with Crippen LogP contribution in [0.2, 0.25) is 0 Å². The molecule has 1 heterocycles. The maximum absolute atomic E-state index is 13.2. The summed E-state index contributed by atoms with van der Waals surface area (Å²) < 4.78 is 48.7. The molecule has 1 spiro atoms. The molecule has 46 heavy (non-hydrogen) atoms. The number of carboxylic acids is 1. The molecule has 4 aliphatic carbocycles. The van der Waals surface area contributed by atoms with E-state index in [0.29, 0.717) is 50.4 Å². The maximum atomic E-state index is 13.2. The fourth-order valence-corrected chi connectivity index (χ4v) is 10.3. The molecule has 1 saturated heterocycles. The molecule has 260 valence electrons. The SMILES string of the molecule is CC(C)[C@@H](C)/C=C/[C@@H](C)C1CCC2=C3C(CC[C@@]21C(=O)O)[C@@]1(C)CC[C@H](OC(=O)[C@@H](N)[C@@H](OS(=O)(=O)O)C(C)C)C[C@@]12OC2[C@@H]3O. The van der Waals surface area contributed by atoms with Gasteiger partial charge in [0.05, 0.1) is 5.41 Å². The molecule has 5 N–H and O–H groups in total. The second-order valence-electron chi connectivity index (χ2n) is 15.6. The van der Waals surface area contributed by atoms with Crippen molar-refractivity contribution in [3.63, 3.8) is 0 Å². The van der Waals surface area contributed by atoms with E-state index < -0.39 is 69.7 Å². The van der Waals surface area contributed by atoms with Gasteiger partial charge >= 0.3 is 22.3 Å². The molecule has 3 saturated carbocycles. The van der Waals surface area contributed by atoms with Gasteiger partial charge in [0.2, 0.25) is 0 Å². The minimum atomic E-state index is -4.84. The summed E-state index contributed by atoms with van der Waals surface area (Å²) in [6.07, 6.45) is 5.08. The van der Waals surface area contributed by atoms with Crippen LogP contribution in [-0.4, -0.2) is 71.2 Å². The number of ether oxygens (including phenoxy) is 2. The van der Waals surface area contributed by atoms with E-state index in [1.807, 2.05) is 0 Å². The van der Waals surface area contributed by atoms with Crippen LogP contribution in [0.15, 0.2) is 23.3 Å². The lowest BCUT2D eigenvalue weighted by atomic mass is 9.47. The average molecular weight is 668 g/mol. The lowest BCUT2D eigenvalue weighted by Gasteiger charge is -2.55. The van der Waals surface area contributed by atoms with Crippen LogP contribution in [0.1, 0.15) is 93.4 Å². The summed E-state index contributed by atoms with van der Waals surface area (Å²) in [4.78, 5) is 26.3. The molecule has 11 nitrogen and oxygen atoms in total. The zero-order valence-electron chi connectivity index (χ0n) is 28.1. The first-order chi connectivity index (χ1) is 21.3. The Kier molecular flexibility index (Phi) is 9.45. The summed E-state index contributed by atoms with van der Waals surface area (Å²) in [7, 11) is -4.84. The van der Waals surface area contributed by atoms with Crippen molar-refractivity contribution in [2.45, 2.75) is 129 Å². The van der Waals surface area contributed by atoms with Crippen molar-refractivity contribution >= 4 is 22.3 Å². The first-order valence-corrected chi connectivity index (χ1v) is 18.3. The van der Waals surface area contributed by atoms with Crippen LogP contribution >= 0.6 is 0 Å². The zero-order chi connectivity index (χ0) is 34.1. The molecule has 3 unspecified atom stereocenters. The summed E-state index contributed by atoms with van der Waals surface area (Å²) in [5, 5.41) is 22.7. The van der Waals surface area contributed by atoms with Crippen LogP contribution in [0.25, 0.3) is 0 Å². The van der Waals surface area contributed by atoms with Gasteiger partial charge in [0.1, 0.15) is 36.1 Å². The molecule has 5 rings (SSSR count). The molecule has 12 atom stereocenters. The minimum Gasteiger partial charge on any atom is -0.481 e. The van der Waals surface area contributed by atoms with Crippen molar-refractivity contribution < 1.29 is 46.4 Å². The number of carbonyl (C=O) groups is 2. The third-order valence-corrected chi connectivity index (χ3v) is 13.1. The monoisotopic (exact) mass is 667 g/mol. The number of aliphatic hydroxyl groups excluding tert-OH is 1. The number of hydrogen-bond acceptors (Lipinski definition) is 9. The summed E-state index contributed by atoms with van der Waals surface area (Å²) in [6.45, 7) is 14.1. The van der Waals surface area contributed by atoms with Crippen LogP contribution < -0.4 is 5.73 Å². The fraction of sp³-hybridized carbons (Fsp3) is 0.824. The molecule has 5 aliphatic rings. The van der Waals surface area contributed by atoms with Crippen LogP contribution in [0.3, 0.4) is 0 Å². The highest BCUT2D eigenvalue weighted by Crippen LogP contribution is 2.72. The van der Waals surface area contributed by atoms with E-state index in [2.05, 4.69) is 51.0 Å². The Morgan fingerprint density at radius 3 is 2.30 bits per heavy atom. The Morgan fingerprint density at radius 1 is 1.04 bits per heavy atom. The summed E-state index contributed by atoms with van der Waals surface area (Å²) >= 11 is 0. The van der Waals surface area contributed by atoms with E-state index in [0.717, 1.165) is 17.6 Å². The standard InChI is InChI=1S/C34H53NO10S/c1-17(2)19(5)8-9-20(6)22-10-11-24-25-23(13-15-33(22,24)31(38)39)32(7)14-12-21(16-34(32)29(44-34)27(25)36)43-30(37)26(35)28(18(3)4)45-46(40,41)42/h8-9,17-23,26-29,36H,10-16,35H2,1-7H3,(H,38,39)(H,40,41,42)/b9-8+/t19-,20+,21-,22?,23?,26-,27+,28-,29?,32+,33-,34-/m0/s1. The van der Waals surface area contributed by atoms with Crippen molar-refractivity contribution in [3.8, 4) is 0 Å². The van der Waals surface area contributed by atoms with Gasteiger partial charge in [-0.1, -0.05) is 66.2 Å². The van der Waals surface area contributed by atoms with Crippen molar-refractivity contribution in [1.82, 2.24) is 0 Å². The average Bonchev–Trinajstić information content (AvgIpc) is 3.56. The summed E-state index contributed by atoms with van der Waals surface area (Å²) in [6, 6.07) is -1.44. The van der Waals surface area contributed by atoms with Gasteiger partial charge in [0, 0.05) is 11.8 Å². The largest absolute Gasteiger partial charge is 0.481 e. The van der Waals surface area contributed by atoms with Gasteiger partial charge in [-0.05, 0) is 79.6 Å². The molecule has 0 aromatic rings. The van der Waals surface area contributed by atoms with Gasteiger partial charge in [-0.2, -0.15) is 8.42 Å². The highest BCUT2D eigenvalue weighted by atomic mass is 32.3. The number of hydrogen-bond donors (Lipinski definition) is 4. The normalized spacial score (nSPS) is 39.7. The zero-order valence-corrected chi connectivity index (χ0v) is 29.0. The number of epoxide rings is 1. The smallest absolute Gasteiger partial charge is 0.397 e. The second-order valence-corrected chi connectivity index (χ2v) is 16.7. The van der Waals surface area contributed by atoms with Crippen LogP contribution in [0, 0.1) is 46.3 Å². The lowest BCUT2D eigenvalue weighted by molar-refractivity contribution is -0.160. The number of rotatable bonds is 11. The molecule has 0 bridgehead atoms. The predicted molar refractivity (Wildman–Crippen MR) is 170 cm³/mol. The Morgan fingerprint density at radius 2 is 1.72 bits per heavy atom. The van der Waals surface area contributed by atoms with E-state index >= 15 is 0 Å². The van der Waals surface area contributed by atoms with Crippen LogP contribution in [0.5, 0.6) is 0 Å². The van der Waals surface area contributed by atoms with Crippen LogP contribution in [0.4, 0.5) is 0 Å². The van der Waals surface area contributed by atoms with E-state index in [1.54, 1.807) is 13.8 Å². The van der Waals surface area contributed by atoms with E-state index in [9.17, 15) is 32.8 Å². The summed E-state index contributed by atoms with van der Waals surface area (Å²) in [5.41, 5.74) is 5.68. The van der Waals surface area contributed by atoms with Gasteiger partial charge in [-0.15, -0.1) is 0 Å². The third kappa shape index (κ3) is 5.68. The topological polar surface area (TPSA) is 186 Å². The molecule has 12 heteroatoms. The van der Waals surface area contributed by atoms with Gasteiger partial charge in [-0.3, -0.25) is 14.1 Å². The van der Waals surface area contributed by atoms with Crippen molar-refractivity contribution in [2.75, 3.05) is 0 Å². The van der Waals surface area contributed by atoms with Crippen molar-refractivity contribution in [1.29, 1.82) is 0 Å². The minimum absolute atomic E-state index is 0.0540. The molecular formula is C34H53NO10S. The van der Waals surface area contributed by atoms with Gasteiger partial charge in [-0.25, -0.2) is 4.18 Å². The highest BCUT2D eigenvalue weighted by Gasteiger charge is 2.78. The van der Waals surface area contributed by atoms with Gasteiger partial charge < -0.3 is 25.4 Å². The molecule has 0 radical (unpaired) electrons. The van der Waals surface area contributed by atoms with Crippen LogP contribution in [-0.2, 0) is 33.6 Å². The first kappa shape index (κ1) is 35.5. The molecule has 0 aromatic heterocycles. The third-order valence-electron chi connectivity index (χ3n) is 12.6. The Balaban J connectivity index is 1.38. The number of aliphatic hydroxyl groups is 1. The number of carbonyl (C=O) groups excluding carboxylic acids is 1. The van der Waals surface area contributed by atoms with Crippen molar-refractivity contribution in [2.24, 2.45) is 52.1 Å². The number of esters is 1. The molecule has 0 aromatic carbocycles.